The van der Waals surface area contributed by atoms with E-state index in [1.54, 1.807) is 0 Å². The summed E-state index contributed by atoms with van der Waals surface area (Å²) in [4.78, 5) is 13.5. The van der Waals surface area contributed by atoms with Gasteiger partial charge < -0.3 is 40.6 Å². The molecule has 1 aromatic carbocycles. The van der Waals surface area contributed by atoms with E-state index in [9.17, 15) is 0 Å². The molecule has 0 saturated heterocycles. The maximum Gasteiger partial charge on any atom is 0.233 e. The SMILES string of the molecule is CCC(CC)Nc1nc(NCCOCCOCCN)nc(Nc2ccc3c(c2)OCO3)n1. The van der Waals surface area contributed by atoms with E-state index in [1.165, 1.54) is 0 Å². The second-order valence-electron chi connectivity index (χ2n) is 7.10. The molecule has 176 valence electrons. The Morgan fingerprint density at radius 2 is 1.66 bits per heavy atom. The summed E-state index contributed by atoms with van der Waals surface area (Å²) >= 11 is 0. The first-order valence-corrected chi connectivity index (χ1v) is 11.0. The van der Waals surface area contributed by atoms with Gasteiger partial charge in [0.05, 0.1) is 26.4 Å². The summed E-state index contributed by atoms with van der Waals surface area (Å²) in [5.41, 5.74) is 6.18. The van der Waals surface area contributed by atoms with Gasteiger partial charge >= 0.3 is 0 Å². The quantitative estimate of drug-likeness (QED) is 0.299. The molecule has 0 bridgehead atoms. The lowest BCUT2D eigenvalue weighted by molar-refractivity contribution is 0.0547. The number of anilines is 4. The van der Waals surface area contributed by atoms with Gasteiger partial charge in [-0.1, -0.05) is 13.8 Å². The molecule has 2 heterocycles. The van der Waals surface area contributed by atoms with Crippen molar-refractivity contribution in [2.75, 3.05) is 62.3 Å². The standard InChI is InChI=1S/C21H33N7O4/c1-3-15(4-2)24-20-26-19(23-8-10-30-12-11-29-9-7-22)27-21(28-20)25-16-5-6-17-18(13-16)32-14-31-17/h5-6,13,15H,3-4,7-12,14,22H2,1-2H3,(H3,23,24,25,26,27,28). The van der Waals surface area contributed by atoms with E-state index >= 15 is 0 Å². The van der Waals surface area contributed by atoms with Crippen LogP contribution in [0.5, 0.6) is 11.5 Å². The van der Waals surface area contributed by atoms with Gasteiger partial charge in [0.25, 0.3) is 0 Å². The molecule has 0 radical (unpaired) electrons. The van der Waals surface area contributed by atoms with Crippen LogP contribution in [0, 0.1) is 0 Å². The van der Waals surface area contributed by atoms with Gasteiger partial charge in [0.15, 0.2) is 11.5 Å². The van der Waals surface area contributed by atoms with Crippen molar-refractivity contribution < 1.29 is 18.9 Å². The fraction of sp³-hybridized carbons (Fsp3) is 0.571. The fourth-order valence-corrected chi connectivity index (χ4v) is 2.99. The Hall–Kier alpha value is -2.89. The van der Waals surface area contributed by atoms with E-state index in [-0.39, 0.29) is 12.8 Å². The smallest absolute Gasteiger partial charge is 0.233 e. The van der Waals surface area contributed by atoms with E-state index in [4.69, 9.17) is 24.7 Å². The van der Waals surface area contributed by atoms with Crippen LogP contribution in [0.3, 0.4) is 0 Å². The lowest BCUT2D eigenvalue weighted by Gasteiger charge is -2.16. The van der Waals surface area contributed by atoms with Crippen molar-refractivity contribution in [1.29, 1.82) is 0 Å². The topological polar surface area (TPSA) is 138 Å². The summed E-state index contributed by atoms with van der Waals surface area (Å²) < 4.78 is 21.6. The molecule has 5 N–H and O–H groups in total. The highest BCUT2D eigenvalue weighted by molar-refractivity contribution is 5.61. The van der Waals surface area contributed by atoms with Crippen molar-refractivity contribution in [2.24, 2.45) is 5.73 Å². The third kappa shape index (κ3) is 7.36. The number of nitrogens with one attached hydrogen (secondary N) is 3. The summed E-state index contributed by atoms with van der Waals surface area (Å²) in [7, 11) is 0. The maximum absolute atomic E-state index is 5.54. The molecule has 0 aliphatic carbocycles. The summed E-state index contributed by atoms with van der Waals surface area (Å²) in [6.45, 7) is 7.61. The first kappa shape index (κ1) is 23.8. The molecule has 2 aromatic rings. The average molecular weight is 448 g/mol. The molecule has 0 atom stereocenters. The zero-order valence-electron chi connectivity index (χ0n) is 18.7. The molecule has 3 rings (SSSR count). The zero-order valence-corrected chi connectivity index (χ0v) is 18.7. The van der Waals surface area contributed by atoms with Crippen molar-refractivity contribution in [3.05, 3.63) is 18.2 Å². The minimum Gasteiger partial charge on any atom is -0.454 e. The van der Waals surface area contributed by atoms with Crippen LogP contribution in [0.4, 0.5) is 23.5 Å². The van der Waals surface area contributed by atoms with Gasteiger partial charge in [0, 0.05) is 30.9 Å². The number of nitrogens with zero attached hydrogens (tertiary/aromatic N) is 3. The molecule has 0 amide bonds. The summed E-state index contributed by atoms with van der Waals surface area (Å²) in [6, 6.07) is 5.87. The predicted octanol–water partition coefficient (Wildman–Crippen LogP) is 2.35. The number of fused-ring (bicyclic) bond motifs is 1. The molecule has 1 aromatic heterocycles. The number of benzene rings is 1. The molecule has 1 aliphatic rings. The molecule has 32 heavy (non-hydrogen) atoms. The van der Waals surface area contributed by atoms with Crippen LogP contribution >= 0.6 is 0 Å². The van der Waals surface area contributed by atoms with Crippen LogP contribution in [-0.2, 0) is 9.47 Å². The van der Waals surface area contributed by atoms with Gasteiger partial charge in [-0.3, -0.25) is 0 Å². The zero-order chi connectivity index (χ0) is 22.6. The molecule has 0 saturated carbocycles. The number of hydrogen-bond acceptors (Lipinski definition) is 11. The van der Waals surface area contributed by atoms with Gasteiger partial charge in [0.2, 0.25) is 24.6 Å². The Kier molecular flexibility index (Phi) is 9.54. The number of nitrogens with two attached hydrogens (primary N) is 1. The Morgan fingerprint density at radius 3 is 2.44 bits per heavy atom. The van der Waals surface area contributed by atoms with Crippen LogP contribution in [0.25, 0.3) is 0 Å². The monoisotopic (exact) mass is 447 g/mol. The van der Waals surface area contributed by atoms with Crippen LogP contribution in [0.15, 0.2) is 18.2 Å². The molecule has 0 unspecified atom stereocenters. The number of aromatic nitrogens is 3. The molecule has 11 heteroatoms. The van der Waals surface area contributed by atoms with Gasteiger partial charge in [-0.2, -0.15) is 15.0 Å². The van der Waals surface area contributed by atoms with Gasteiger partial charge in [-0.15, -0.1) is 0 Å². The number of ether oxygens (including phenoxy) is 4. The lowest BCUT2D eigenvalue weighted by Crippen LogP contribution is -2.21. The second kappa shape index (κ2) is 12.8. The van der Waals surface area contributed by atoms with Crippen molar-refractivity contribution in [3.63, 3.8) is 0 Å². The van der Waals surface area contributed by atoms with E-state index < -0.39 is 0 Å². The van der Waals surface area contributed by atoms with Crippen LogP contribution in [-0.4, -0.2) is 67.3 Å². The Balaban J connectivity index is 1.62. The number of hydrogen-bond donors (Lipinski definition) is 4. The van der Waals surface area contributed by atoms with Crippen molar-refractivity contribution in [2.45, 2.75) is 32.7 Å². The third-order valence-corrected chi connectivity index (χ3v) is 4.75. The minimum absolute atomic E-state index is 0.226. The highest BCUT2D eigenvalue weighted by Crippen LogP contribution is 2.34. The van der Waals surface area contributed by atoms with Crippen molar-refractivity contribution >= 4 is 23.5 Å². The van der Waals surface area contributed by atoms with Crippen LogP contribution in [0.2, 0.25) is 0 Å². The molecule has 0 spiro atoms. The molecular formula is C21H33N7O4. The summed E-state index contributed by atoms with van der Waals surface area (Å²) in [5.74, 6) is 2.80. The van der Waals surface area contributed by atoms with E-state index in [1.807, 2.05) is 18.2 Å². The predicted molar refractivity (Wildman–Crippen MR) is 123 cm³/mol. The molecular weight excluding hydrogens is 414 g/mol. The van der Waals surface area contributed by atoms with Crippen LogP contribution in [0.1, 0.15) is 26.7 Å². The first-order chi connectivity index (χ1) is 15.7. The fourth-order valence-electron chi connectivity index (χ4n) is 2.99. The Morgan fingerprint density at radius 1 is 0.938 bits per heavy atom. The highest BCUT2D eigenvalue weighted by Gasteiger charge is 2.15. The van der Waals surface area contributed by atoms with Crippen LogP contribution < -0.4 is 31.2 Å². The largest absolute Gasteiger partial charge is 0.454 e. The average Bonchev–Trinajstić information content (AvgIpc) is 3.27. The Labute approximate surface area is 188 Å². The molecule has 1 aliphatic heterocycles. The lowest BCUT2D eigenvalue weighted by atomic mass is 10.2. The molecule has 11 nitrogen and oxygen atoms in total. The van der Waals surface area contributed by atoms with E-state index in [0.29, 0.717) is 63.1 Å². The minimum atomic E-state index is 0.226. The first-order valence-electron chi connectivity index (χ1n) is 11.0. The maximum atomic E-state index is 5.54. The van der Waals surface area contributed by atoms with Gasteiger partial charge in [-0.25, -0.2) is 0 Å². The van der Waals surface area contributed by atoms with E-state index in [2.05, 4.69) is 44.7 Å². The Bertz CT molecular complexity index is 836. The number of rotatable bonds is 15. The summed E-state index contributed by atoms with van der Waals surface area (Å²) in [5, 5.41) is 9.78. The second-order valence-corrected chi connectivity index (χ2v) is 7.10. The van der Waals surface area contributed by atoms with Crippen molar-refractivity contribution in [1.82, 2.24) is 15.0 Å². The molecule has 0 fully saturated rings. The highest BCUT2D eigenvalue weighted by atomic mass is 16.7. The third-order valence-electron chi connectivity index (χ3n) is 4.75. The summed E-state index contributed by atoms with van der Waals surface area (Å²) in [6.07, 6.45) is 1.94. The van der Waals surface area contributed by atoms with Gasteiger partial charge in [-0.05, 0) is 25.0 Å². The normalized spacial score (nSPS) is 12.2. The van der Waals surface area contributed by atoms with E-state index in [0.717, 1.165) is 24.3 Å². The van der Waals surface area contributed by atoms with Gasteiger partial charge in [0.1, 0.15) is 0 Å². The van der Waals surface area contributed by atoms with Crippen molar-refractivity contribution in [3.8, 4) is 11.5 Å².